The molecule has 2 aromatic carbocycles. The van der Waals surface area contributed by atoms with Crippen molar-refractivity contribution in [2.75, 3.05) is 12.3 Å². The summed E-state index contributed by atoms with van der Waals surface area (Å²) in [4.78, 5) is 12.1. The maximum absolute atomic E-state index is 12.1. The molecule has 0 fully saturated rings. The van der Waals surface area contributed by atoms with Gasteiger partial charge in [0.2, 0.25) is 5.91 Å². The number of aryl methyl sites for hydroxylation is 1. The first-order chi connectivity index (χ1) is 14.1. The monoisotopic (exact) mass is 430 g/mol. The lowest BCUT2D eigenvalue weighted by molar-refractivity contribution is -0.118. The Morgan fingerprint density at radius 3 is 2.69 bits per heavy atom. The lowest BCUT2D eigenvalue weighted by Crippen LogP contribution is -2.26. The highest BCUT2D eigenvalue weighted by molar-refractivity contribution is 7.99. The van der Waals surface area contributed by atoms with Gasteiger partial charge in [0.25, 0.3) is 0 Å². The van der Waals surface area contributed by atoms with Gasteiger partial charge in [-0.05, 0) is 30.5 Å². The second-order valence-corrected chi connectivity index (χ2v) is 7.75. The quantitative estimate of drug-likeness (QED) is 0.390. The van der Waals surface area contributed by atoms with Crippen LogP contribution >= 0.6 is 23.4 Å². The van der Waals surface area contributed by atoms with E-state index in [9.17, 15) is 4.79 Å². The fraction of sp³-hybridized carbons (Fsp3) is 0.286. The van der Waals surface area contributed by atoms with Crippen LogP contribution in [0.1, 0.15) is 17.8 Å². The Hall–Kier alpha value is -2.51. The summed E-state index contributed by atoms with van der Waals surface area (Å²) in [5.74, 6) is 1.54. The molecule has 0 aliphatic rings. The molecular formula is C21H23ClN4O2S. The molecule has 6 nitrogen and oxygen atoms in total. The number of carbonyl (C=O) groups is 1. The predicted octanol–water partition coefficient (Wildman–Crippen LogP) is 3.89. The second kappa shape index (κ2) is 10.9. The molecule has 0 saturated heterocycles. The van der Waals surface area contributed by atoms with E-state index in [1.807, 2.05) is 41.9 Å². The molecule has 0 spiro atoms. The zero-order valence-corrected chi connectivity index (χ0v) is 17.7. The van der Waals surface area contributed by atoms with Crippen LogP contribution in [0.5, 0.6) is 5.75 Å². The van der Waals surface area contributed by atoms with Gasteiger partial charge in [0.05, 0.1) is 10.8 Å². The number of rotatable bonds is 10. The average Bonchev–Trinajstić information content (AvgIpc) is 3.09. The summed E-state index contributed by atoms with van der Waals surface area (Å²) < 4.78 is 7.52. The van der Waals surface area contributed by atoms with E-state index in [1.54, 1.807) is 12.1 Å². The number of nitrogens with one attached hydrogen (secondary N) is 1. The van der Waals surface area contributed by atoms with Crippen LogP contribution < -0.4 is 10.1 Å². The molecule has 0 aliphatic carbocycles. The van der Waals surface area contributed by atoms with Crippen molar-refractivity contribution in [2.45, 2.75) is 24.6 Å². The first-order valence-corrected chi connectivity index (χ1v) is 10.7. The molecule has 1 aromatic heterocycles. The Morgan fingerprint density at radius 2 is 1.90 bits per heavy atom. The third kappa shape index (κ3) is 6.51. The summed E-state index contributed by atoms with van der Waals surface area (Å²) >= 11 is 7.44. The molecule has 1 N–H and O–H groups in total. The standard InChI is InChI=1S/C21H23ClN4O2S/c1-26-19(14-28-18-12-6-5-11-17(18)22)24-25-21(26)29-15-20(27)23-13-7-10-16-8-3-2-4-9-16/h2-6,8-9,11-12H,7,10,13-15H2,1H3,(H,23,27). The van der Waals surface area contributed by atoms with E-state index in [1.165, 1.54) is 17.3 Å². The fourth-order valence-electron chi connectivity index (χ4n) is 2.65. The van der Waals surface area contributed by atoms with E-state index in [0.29, 0.717) is 34.1 Å². The van der Waals surface area contributed by atoms with E-state index in [0.717, 1.165) is 12.8 Å². The average molecular weight is 431 g/mol. The number of para-hydroxylation sites is 1. The molecule has 1 amide bonds. The first kappa shape index (κ1) is 21.2. The van der Waals surface area contributed by atoms with Crippen molar-refractivity contribution in [3.05, 3.63) is 71.0 Å². The predicted molar refractivity (Wildman–Crippen MR) is 115 cm³/mol. The van der Waals surface area contributed by atoms with E-state index in [2.05, 4.69) is 27.6 Å². The summed E-state index contributed by atoms with van der Waals surface area (Å²) in [7, 11) is 1.85. The van der Waals surface area contributed by atoms with Gasteiger partial charge in [0.1, 0.15) is 12.4 Å². The number of ether oxygens (including phenoxy) is 1. The van der Waals surface area contributed by atoms with Gasteiger partial charge in [0, 0.05) is 13.6 Å². The van der Waals surface area contributed by atoms with Crippen LogP contribution in [-0.2, 0) is 24.9 Å². The number of thioether (sulfide) groups is 1. The zero-order valence-electron chi connectivity index (χ0n) is 16.2. The lowest BCUT2D eigenvalue weighted by atomic mass is 10.1. The number of halogens is 1. The maximum Gasteiger partial charge on any atom is 0.230 e. The molecule has 0 bridgehead atoms. The minimum absolute atomic E-state index is 0.0140. The van der Waals surface area contributed by atoms with Crippen molar-refractivity contribution < 1.29 is 9.53 Å². The number of amides is 1. The van der Waals surface area contributed by atoms with Crippen molar-refractivity contribution >= 4 is 29.3 Å². The van der Waals surface area contributed by atoms with Crippen LogP contribution in [0.2, 0.25) is 5.02 Å². The first-order valence-electron chi connectivity index (χ1n) is 9.32. The van der Waals surface area contributed by atoms with Crippen LogP contribution in [0.3, 0.4) is 0 Å². The largest absolute Gasteiger partial charge is 0.484 e. The molecule has 0 unspecified atom stereocenters. The fourth-order valence-corrected chi connectivity index (χ4v) is 3.60. The Labute approximate surface area is 179 Å². The van der Waals surface area contributed by atoms with E-state index in [-0.39, 0.29) is 12.5 Å². The van der Waals surface area contributed by atoms with Gasteiger partial charge in [-0.1, -0.05) is 65.8 Å². The van der Waals surface area contributed by atoms with Gasteiger partial charge in [-0.2, -0.15) is 0 Å². The van der Waals surface area contributed by atoms with Crippen molar-refractivity contribution in [1.29, 1.82) is 0 Å². The summed E-state index contributed by atoms with van der Waals surface area (Å²) in [5, 5.41) is 12.4. The molecule has 0 atom stereocenters. The van der Waals surface area contributed by atoms with Gasteiger partial charge in [0.15, 0.2) is 11.0 Å². The highest BCUT2D eigenvalue weighted by Crippen LogP contribution is 2.24. The SMILES string of the molecule is Cn1c(COc2ccccc2Cl)nnc1SCC(=O)NCCCc1ccccc1. The van der Waals surface area contributed by atoms with Crippen LogP contribution in [0.25, 0.3) is 0 Å². The Bertz CT molecular complexity index is 933. The van der Waals surface area contributed by atoms with E-state index < -0.39 is 0 Å². The van der Waals surface area contributed by atoms with Crippen molar-refractivity contribution in [3.63, 3.8) is 0 Å². The lowest BCUT2D eigenvalue weighted by Gasteiger charge is -2.08. The minimum Gasteiger partial charge on any atom is -0.484 e. The summed E-state index contributed by atoms with van der Waals surface area (Å²) in [6.07, 6.45) is 1.86. The summed E-state index contributed by atoms with van der Waals surface area (Å²) in [6.45, 7) is 0.906. The minimum atomic E-state index is -0.0140. The molecule has 3 rings (SSSR count). The van der Waals surface area contributed by atoms with Crippen LogP contribution in [0, 0.1) is 0 Å². The van der Waals surface area contributed by atoms with Gasteiger partial charge >= 0.3 is 0 Å². The Morgan fingerprint density at radius 1 is 1.14 bits per heavy atom. The number of hydrogen-bond acceptors (Lipinski definition) is 5. The Balaban J connectivity index is 1.39. The van der Waals surface area contributed by atoms with Crippen molar-refractivity contribution in [2.24, 2.45) is 7.05 Å². The van der Waals surface area contributed by atoms with Crippen LogP contribution in [-0.4, -0.2) is 33.0 Å². The molecule has 3 aromatic rings. The zero-order chi connectivity index (χ0) is 20.5. The third-order valence-corrected chi connectivity index (χ3v) is 5.59. The molecule has 1 heterocycles. The molecule has 0 saturated carbocycles. The molecule has 29 heavy (non-hydrogen) atoms. The number of carbonyl (C=O) groups excluding carboxylic acids is 1. The number of aromatic nitrogens is 3. The van der Waals surface area contributed by atoms with Crippen LogP contribution in [0.4, 0.5) is 0 Å². The summed E-state index contributed by atoms with van der Waals surface area (Å²) in [6, 6.07) is 17.5. The topological polar surface area (TPSA) is 69.0 Å². The normalized spacial score (nSPS) is 10.7. The van der Waals surface area contributed by atoms with Crippen molar-refractivity contribution in [1.82, 2.24) is 20.1 Å². The maximum atomic E-state index is 12.1. The molecular weight excluding hydrogens is 408 g/mol. The Kier molecular flexibility index (Phi) is 7.95. The molecule has 0 aliphatic heterocycles. The van der Waals surface area contributed by atoms with E-state index >= 15 is 0 Å². The number of benzene rings is 2. The smallest absolute Gasteiger partial charge is 0.230 e. The number of nitrogens with zero attached hydrogens (tertiary/aromatic N) is 3. The molecule has 152 valence electrons. The van der Waals surface area contributed by atoms with Crippen LogP contribution in [0.15, 0.2) is 59.8 Å². The van der Waals surface area contributed by atoms with E-state index in [4.69, 9.17) is 16.3 Å². The highest BCUT2D eigenvalue weighted by Gasteiger charge is 2.12. The van der Waals surface area contributed by atoms with Gasteiger partial charge in [-0.15, -0.1) is 10.2 Å². The van der Waals surface area contributed by atoms with Gasteiger partial charge < -0.3 is 14.6 Å². The molecule has 8 heteroatoms. The number of hydrogen-bond donors (Lipinski definition) is 1. The van der Waals surface area contributed by atoms with Crippen molar-refractivity contribution in [3.8, 4) is 5.75 Å². The second-order valence-electron chi connectivity index (χ2n) is 6.40. The summed E-state index contributed by atoms with van der Waals surface area (Å²) in [5.41, 5.74) is 1.28. The highest BCUT2D eigenvalue weighted by atomic mass is 35.5. The van der Waals surface area contributed by atoms with Gasteiger partial charge in [-0.25, -0.2) is 0 Å². The molecule has 0 radical (unpaired) electrons. The van der Waals surface area contributed by atoms with Gasteiger partial charge in [-0.3, -0.25) is 4.79 Å². The third-order valence-electron chi connectivity index (χ3n) is 4.26.